The lowest BCUT2D eigenvalue weighted by atomic mass is 9.59. The molecule has 15 nitrogen and oxygen atoms in total. The number of carbonyl (C=O) groups excluding carboxylic acids is 1. The van der Waals surface area contributed by atoms with Crippen LogP contribution in [0.15, 0.2) is 90.1 Å². The number of nitro groups is 1. The molecule has 0 bridgehead atoms. The van der Waals surface area contributed by atoms with Crippen molar-refractivity contribution in [2.45, 2.75) is 94.2 Å². The number of hydrogen-bond acceptors (Lipinski definition) is 12. The molecule has 1 atom stereocenters. The summed E-state index contributed by atoms with van der Waals surface area (Å²) in [4.78, 5) is 42.7. The van der Waals surface area contributed by atoms with Gasteiger partial charge in [0.15, 0.2) is 0 Å². The van der Waals surface area contributed by atoms with Crippen LogP contribution in [0.4, 0.5) is 17.1 Å². The summed E-state index contributed by atoms with van der Waals surface area (Å²) in [5.41, 5.74) is 4.98. The van der Waals surface area contributed by atoms with Crippen LogP contribution in [0.5, 0.6) is 11.5 Å². The zero-order valence-electron chi connectivity index (χ0n) is 38.4. The summed E-state index contributed by atoms with van der Waals surface area (Å²) in [5, 5.41) is 13.2. The highest BCUT2D eigenvalue weighted by molar-refractivity contribution is 7.90. The van der Waals surface area contributed by atoms with E-state index in [1.807, 2.05) is 23.1 Å². The van der Waals surface area contributed by atoms with E-state index in [0.717, 1.165) is 88.8 Å². The molecule has 11 rings (SSSR count). The lowest BCUT2D eigenvalue weighted by molar-refractivity contribution is -0.384. The second-order valence-corrected chi connectivity index (χ2v) is 22.2. The van der Waals surface area contributed by atoms with Crippen LogP contribution in [0, 0.1) is 20.9 Å². The third-order valence-corrected chi connectivity index (χ3v) is 17.5. The van der Waals surface area contributed by atoms with Gasteiger partial charge in [-0.3, -0.25) is 24.7 Å². The molecule has 5 aromatic rings. The number of aromatic amines is 1. The summed E-state index contributed by atoms with van der Waals surface area (Å²) < 4.78 is 41.8. The summed E-state index contributed by atoms with van der Waals surface area (Å²) in [6.07, 6.45) is 12.3. The lowest BCUT2D eigenvalue weighted by Gasteiger charge is -2.56. The van der Waals surface area contributed by atoms with Crippen LogP contribution in [0.3, 0.4) is 0 Å². The van der Waals surface area contributed by atoms with Gasteiger partial charge in [0.05, 0.1) is 40.8 Å². The number of nitrogens with zero attached hydrogens (tertiary/aromatic N) is 6. The largest absolute Gasteiger partial charge is 0.455 e. The Morgan fingerprint density at radius 1 is 0.910 bits per heavy atom. The van der Waals surface area contributed by atoms with Gasteiger partial charge in [-0.25, -0.2) is 18.1 Å². The topological polar surface area (TPSA) is 166 Å². The van der Waals surface area contributed by atoms with Crippen molar-refractivity contribution in [3.8, 4) is 11.5 Å². The van der Waals surface area contributed by atoms with Crippen LogP contribution >= 0.6 is 0 Å². The highest BCUT2D eigenvalue weighted by Gasteiger charge is 2.51. The Morgan fingerprint density at radius 3 is 2.40 bits per heavy atom. The number of anilines is 2. The molecule has 6 aliphatic rings. The third kappa shape index (κ3) is 8.33. The smallest absolute Gasteiger partial charge is 0.293 e. The van der Waals surface area contributed by atoms with Gasteiger partial charge < -0.3 is 24.3 Å². The second kappa shape index (κ2) is 17.2. The van der Waals surface area contributed by atoms with Crippen molar-refractivity contribution in [3.63, 3.8) is 0 Å². The van der Waals surface area contributed by atoms with E-state index in [0.29, 0.717) is 59.6 Å². The number of aromatic nitrogens is 2. The van der Waals surface area contributed by atoms with E-state index >= 15 is 0 Å². The van der Waals surface area contributed by atoms with E-state index in [2.05, 4.69) is 67.5 Å². The van der Waals surface area contributed by atoms with Gasteiger partial charge in [-0.05, 0) is 130 Å². The maximum absolute atomic E-state index is 14.1. The van der Waals surface area contributed by atoms with Crippen molar-refractivity contribution in [2.24, 2.45) is 10.8 Å². The quantitative estimate of drug-likeness (QED) is 0.0908. The normalized spacial score (nSPS) is 22.2. The van der Waals surface area contributed by atoms with Crippen LogP contribution in [0.1, 0.15) is 98.7 Å². The number of ether oxygens (including phenoxy) is 2. The number of pyridine rings is 1. The Bertz CT molecular complexity index is 2800. The molecule has 1 aliphatic carbocycles. The van der Waals surface area contributed by atoms with E-state index < -0.39 is 20.9 Å². The summed E-state index contributed by atoms with van der Waals surface area (Å²) in [5.74, 6) is 0.139. The van der Waals surface area contributed by atoms with Crippen molar-refractivity contribution in [1.29, 1.82) is 0 Å². The first kappa shape index (κ1) is 44.0. The van der Waals surface area contributed by atoms with Crippen molar-refractivity contribution in [1.82, 2.24) is 24.5 Å². The maximum atomic E-state index is 14.1. The fraction of sp³-hybridized carbons (Fsp3) is 0.490. The molecular weight excluding hydrogens is 869 g/mol. The number of amides is 1. The number of fused-ring (bicyclic) bond motifs is 1. The van der Waals surface area contributed by atoms with Crippen molar-refractivity contribution in [2.75, 3.05) is 68.8 Å². The molecule has 2 N–H and O–H groups in total. The van der Waals surface area contributed by atoms with Crippen LogP contribution in [-0.4, -0.2) is 110 Å². The highest BCUT2D eigenvalue weighted by Crippen LogP contribution is 2.54. The monoisotopic (exact) mass is 928 g/mol. The lowest BCUT2D eigenvalue weighted by Crippen LogP contribution is -2.63. The van der Waals surface area contributed by atoms with Crippen molar-refractivity contribution < 1.29 is 27.6 Å². The van der Waals surface area contributed by atoms with Crippen molar-refractivity contribution in [3.05, 3.63) is 112 Å². The molecule has 1 amide bonds. The van der Waals surface area contributed by atoms with E-state index in [-0.39, 0.29) is 27.3 Å². The Kier molecular flexibility index (Phi) is 11.3. The summed E-state index contributed by atoms with van der Waals surface area (Å²) in [6, 6.07) is 23.4. The molecule has 352 valence electrons. The SMILES string of the molecule is CC(C)c1ccccc1C1CCCN1C1CC2(CCN(c3ccc(C(=O)NS(=O)(=O)c4ccc(N5CC6(CCN(C7COC7)CC6)C5)c([N+](=O)[O-])c4)c(Oc4cnc5[nH]ccc5c4)c3)CC2)C1. The molecule has 0 radical (unpaired) electrons. The Balaban J connectivity index is 0.779. The number of hydrogen-bond donors (Lipinski definition) is 2. The first-order valence-corrected chi connectivity index (χ1v) is 25.6. The van der Waals surface area contributed by atoms with E-state index in [9.17, 15) is 23.3 Å². The zero-order chi connectivity index (χ0) is 46.1. The van der Waals surface area contributed by atoms with Gasteiger partial charge in [-0.15, -0.1) is 0 Å². The molecule has 7 heterocycles. The molecule has 67 heavy (non-hydrogen) atoms. The molecule has 1 unspecified atom stereocenters. The van der Waals surface area contributed by atoms with E-state index in [4.69, 9.17) is 9.47 Å². The molecular formula is C51H60N8O7S. The van der Waals surface area contributed by atoms with Crippen LogP contribution < -0.4 is 19.3 Å². The van der Waals surface area contributed by atoms with Gasteiger partial charge in [-0.2, -0.15) is 0 Å². The van der Waals surface area contributed by atoms with Gasteiger partial charge in [0.2, 0.25) is 0 Å². The number of likely N-dealkylation sites (tertiary alicyclic amines) is 2. The highest BCUT2D eigenvalue weighted by atomic mass is 32.2. The Labute approximate surface area is 392 Å². The number of benzene rings is 3. The van der Waals surface area contributed by atoms with Crippen LogP contribution in [0.2, 0.25) is 0 Å². The van der Waals surface area contributed by atoms with Gasteiger partial charge in [-0.1, -0.05) is 38.1 Å². The molecule has 5 aliphatic heterocycles. The molecule has 2 spiro atoms. The van der Waals surface area contributed by atoms with Gasteiger partial charge >= 0.3 is 0 Å². The van der Waals surface area contributed by atoms with Gasteiger partial charge in [0.1, 0.15) is 22.8 Å². The molecule has 6 fully saturated rings. The predicted molar refractivity (Wildman–Crippen MR) is 257 cm³/mol. The third-order valence-electron chi connectivity index (χ3n) is 16.1. The average Bonchev–Trinajstić information content (AvgIpc) is 3.97. The van der Waals surface area contributed by atoms with Gasteiger partial charge in [0.25, 0.3) is 21.6 Å². The average molecular weight is 929 g/mol. The maximum Gasteiger partial charge on any atom is 0.293 e. The fourth-order valence-corrected chi connectivity index (χ4v) is 13.2. The number of piperidine rings is 2. The standard InChI is InChI=1S/C51H60N8O7S/c1-34(2)41-6-3-4-7-42(41)44-8-5-19-58(44)37-27-50(28-37)14-20-55(21-15-50)36-9-11-43(47(25-36)66-39-24-35-13-18-52-48(35)53-29-39)49(60)54-67(63,64)40-10-12-45(46(26-40)59(61)62)57-32-51(33-57)16-22-56(23-17-51)38-30-65-31-38/h3-4,6-7,9-13,18,24-26,29,34,37-38,44H,5,8,14-17,19-23,27-28,30-33H2,1-2H3,(H,52,53)(H,54,60). The number of carbonyl (C=O) groups is 1. The van der Waals surface area contributed by atoms with Gasteiger partial charge in [0, 0.05) is 73.1 Å². The minimum Gasteiger partial charge on any atom is -0.455 e. The second-order valence-electron chi connectivity index (χ2n) is 20.5. The number of nitro benzene ring substituents is 1. The minimum absolute atomic E-state index is 0.00360. The Hall–Kier alpha value is -5.55. The van der Waals surface area contributed by atoms with E-state index in [1.165, 1.54) is 48.9 Å². The summed E-state index contributed by atoms with van der Waals surface area (Å²) >= 11 is 0. The zero-order valence-corrected chi connectivity index (χ0v) is 39.2. The number of sulfonamides is 1. The first-order chi connectivity index (χ1) is 32.3. The summed E-state index contributed by atoms with van der Waals surface area (Å²) in [7, 11) is -4.54. The van der Waals surface area contributed by atoms with Crippen LogP contribution in [0.25, 0.3) is 11.0 Å². The molecule has 1 saturated carbocycles. The number of nitrogens with one attached hydrogen (secondary N) is 2. The number of H-pyrrole nitrogens is 1. The van der Waals surface area contributed by atoms with E-state index in [1.54, 1.807) is 24.5 Å². The first-order valence-electron chi connectivity index (χ1n) is 24.1. The molecule has 16 heteroatoms. The summed E-state index contributed by atoms with van der Waals surface area (Å²) in [6.45, 7) is 12.3. The van der Waals surface area contributed by atoms with Crippen LogP contribution in [-0.2, 0) is 14.8 Å². The minimum atomic E-state index is -4.54. The fourth-order valence-electron chi connectivity index (χ4n) is 12.2. The number of rotatable bonds is 12. The molecule has 5 saturated heterocycles. The molecule has 3 aromatic carbocycles. The Morgan fingerprint density at radius 2 is 1.67 bits per heavy atom. The van der Waals surface area contributed by atoms with Crippen molar-refractivity contribution >= 4 is 44.0 Å². The molecule has 2 aromatic heterocycles. The predicted octanol–water partition coefficient (Wildman–Crippen LogP) is 8.39.